The Labute approximate surface area is 675 Å². The van der Waals surface area contributed by atoms with E-state index in [9.17, 15) is 57.5 Å². The maximum atomic E-state index is 11.4. The Balaban J connectivity index is -0.00000130. The quantitative estimate of drug-likeness (QED) is 0.0288. The molecule has 0 aliphatic carbocycles. The highest BCUT2D eigenvalue weighted by Gasteiger charge is 2.12. The minimum atomic E-state index is -0.265. The zero-order valence-corrected chi connectivity index (χ0v) is 69.2. The third-order valence-electron chi connectivity index (χ3n) is 14.4. The van der Waals surface area contributed by atoms with Gasteiger partial charge in [0.2, 0.25) is 0 Å². The molecule has 648 valence electrons. The van der Waals surface area contributed by atoms with Crippen LogP contribution in [0.2, 0.25) is 0 Å². The molecule has 3 rings (SSSR count). The molecule has 0 aliphatic rings. The maximum absolute atomic E-state index is 11.4. The molecular weight excluding hydrogens is 1490 g/mol. The molecule has 0 saturated heterocycles. The predicted molar refractivity (Wildman–Crippen MR) is 420 cm³/mol. The molecule has 0 spiro atoms. The van der Waals surface area contributed by atoms with Crippen molar-refractivity contribution in [3.63, 3.8) is 0 Å². The molecule has 3 aromatic rings. The molecule has 0 unspecified atom stereocenters. The lowest BCUT2D eigenvalue weighted by molar-refractivity contribution is -0.146. The van der Waals surface area contributed by atoms with Crippen LogP contribution in [0.25, 0.3) is 0 Å². The van der Waals surface area contributed by atoms with Crippen LogP contribution in [0.5, 0.6) is 0 Å². The average Bonchev–Trinajstić information content (AvgIpc) is 0.965. The standard InChI is InChI=1S/3C15H20O4.3C13H24O6/c3*1-2-18-14(16)10-6-7-11-15(17)19-12-13-8-4-3-5-9-13;3*1-3-18-12(14)6-4-5-7-13(15)19-11-10-17-9-8-16-2/h3*3-5,8-9H,2,6-7,10-12H2,1H3;3*3-11H2,1-2H3. The lowest BCUT2D eigenvalue weighted by Crippen LogP contribution is -2.12. The predicted octanol–water partition coefficient (Wildman–Crippen LogP) is 12.5. The zero-order chi connectivity index (χ0) is 84.8. The lowest BCUT2D eigenvalue weighted by Gasteiger charge is -2.06. The van der Waals surface area contributed by atoms with Crippen LogP contribution < -0.4 is 0 Å². The number of carbonyl (C=O) groups excluding carboxylic acids is 12. The summed E-state index contributed by atoms with van der Waals surface area (Å²) in [5.41, 5.74) is 2.92. The minimum Gasteiger partial charge on any atom is -0.466 e. The lowest BCUT2D eigenvalue weighted by atomic mass is 10.2. The summed E-state index contributed by atoms with van der Waals surface area (Å²) in [7, 11) is 4.79. The van der Waals surface area contributed by atoms with Crippen LogP contribution in [-0.4, -0.2) is 212 Å². The number of benzene rings is 3. The minimum absolute atomic E-state index is 0.208. The van der Waals surface area contributed by atoms with E-state index in [-0.39, 0.29) is 91.5 Å². The molecular formula is C84H132O30. The number of methoxy groups -OCH3 is 3. The number of rotatable bonds is 60. The highest BCUT2D eigenvalue weighted by molar-refractivity contribution is 5.74. The van der Waals surface area contributed by atoms with Gasteiger partial charge >= 0.3 is 71.6 Å². The second kappa shape index (κ2) is 85.0. The molecule has 114 heavy (non-hydrogen) atoms. The fraction of sp³-hybridized carbons (Fsp3) is 0.643. The number of esters is 12. The van der Waals surface area contributed by atoms with Gasteiger partial charge in [-0.1, -0.05) is 91.0 Å². The Morgan fingerprint density at radius 1 is 0.193 bits per heavy atom. The van der Waals surface area contributed by atoms with Gasteiger partial charge in [-0.3, -0.25) is 57.5 Å². The van der Waals surface area contributed by atoms with Crippen LogP contribution in [-0.2, 0) is 163 Å². The summed E-state index contributed by atoms with van der Waals surface area (Å²) >= 11 is 0. The first-order valence-corrected chi connectivity index (χ1v) is 39.5. The van der Waals surface area contributed by atoms with E-state index >= 15 is 0 Å². The third-order valence-corrected chi connectivity index (χ3v) is 14.4. The molecule has 0 heterocycles. The topological polar surface area (TPSA) is 371 Å². The molecule has 0 amide bonds. The van der Waals surface area contributed by atoms with Gasteiger partial charge in [-0.25, -0.2) is 0 Å². The molecule has 0 radical (unpaired) electrons. The molecule has 0 atom stereocenters. The smallest absolute Gasteiger partial charge is 0.306 e. The summed E-state index contributed by atoms with van der Waals surface area (Å²) in [4.78, 5) is 134. The van der Waals surface area contributed by atoms with Gasteiger partial charge < -0.3 is 85.3 Å². The van der Waals surface area contributed by atoms with Crippen LogP contribution in [0.1, 0.15) is 212 Å². The fourth-order valence-corrected chi connectivity index (χ4v) is 8.65. The summed E-state index contributed by atoms with van der Waals surface area (Å²) < 4.78 is 88.8. The normalized spacial score (nSPS) is 10.1. The second-order valence-electron chi connectivity index (χ2n) is 24.0. The Bertz CT molecular complexity index is 2560. The number of unbranched alkanes of at least 4 members (excludes halogenated alkanes) is 6. The van der Waals surface area contributed by atoms with Gasteiger partial charge in [-0.2, -0.15) is 0 Å². The van der Waals surface area contributed by atoms with Gasteiger partial charge in [0, 0.05) is 98.4 Å². The molecule has 0 aliphatic heterocycles. The molecule has 0 fully saturated rings. The van der Waals surface area contributed by atoms with Gasteiger partial charge in [0.1, 0.15) is 39.6 Å². The molecule has 0 N–H and O–H groups in total. The Hall–Kier alpha value is -8.94. The summed E-state index contributed by atoms with van der Waals surface area (Å²) in [6, 6.07) is 28.6. The molecule has 0 aromatic heterocycles. The van der Waals surface area contributed by atoms with Crippen LogP contribution >= 0.6 is 0 Å². The summed E-state index contributed by atoms with van der Waals surface area (Å²) in [5.74, 6) is -2.77. The van der Waals surface area contributed by atoms with E-state index in [1.54, 1.807) is 62.9 Å². The molecule has 3 aromatic carbocycles. The van der Waals surface area contributed by atoms with Crippen LogP contribution in [0.3, 0.4) is 0 Å². The van der Waals surface area contributed by atoms with E-state index in [1.165, 1.54) is 0 Å². The summed E-state index contributed by atoms with van der Waals surface area (Å²) in [5, 5.41) is 0. The SMILES string of the molecule is CCOC(=O)CCCCC(=O)OCCOCCOC.CCOC(=O)CCCCC(=O)OCCOCCOC.CCOC(=O)CCCCC(=O)OCCOCCOC.CCOC(=O)CCCCC(=O)OCc1ccccc1.CCOC(=O)CCCCC(=O)OCc1ccccc1.CCOC(=O)CCCCC(=O)OCc1ccccc1. The van der Waals surface area contributed by atoms with Gasteiger partial charge in [0.25, 0.3) is 0 Å². The first-order valence-electron chi connectivity index (χ1n) is 39.5. The van der Waals surface area contributed by atoms with Crippen LogP contribution in [0, 0.1) is 0 Å². The highest BCUT2D eigenvalue weighted by atomic mass is 16.6. The van der Waals surface area contributed by atoms with Crippen molar-refractivity contribution in [1.82, 2.24) is 0 Å². The van der Waals surface area contributed by atoms with Crippen molar-refractivity contribution >= 4 is 71.6 Å². The van der Waals surface area contributed by atoms with Crippen molar-refractivity contribution in [3.05, 3.63) is 108 Å². The number of hydrogen-bond acceptors (Lipinski definition) is 30. The fourth-order valence-electron chi connectivity index (χ4n) is 8.65. The Morgan fingerprint density at radius 3 is 0.500 bits per heavy atom. The van der Waals surface area contributed by atoms with Gasteiger partial charge in [0.05, 0.1) is 99.1 Å². The van der Waals surface area contributed by atoms with E-state index in [1.807, 2.05) is 91.0 Å². The second-order valence-corrected chi connectivity index (χ2v) is 24.0. The first kappa shape index (κ1) is 109. The van der Waals surface area contributed by atoms with Crippen molar-refractivity contribution < 1.29 is 143 Å². The van der Waals surface area contributed by atoms with Gasteiger partial charge in [-0.15, -0.1) is 0 Å². The Morgan fingerprint density at radius 2 is 0.342 bits per heavy atom. The number of carbonyl (C=O) groups is 12. The molecule has 0 bridgehead atoms. The third kappa shape index (κ3) is 82.5. The van der Waals surface area contributed by atoms with Crippen LogP contribution in [0.15, 0.2) is 91.0 Å². The first-order chi connectivity index (χ1) is 55.3. The maximum Gasteiger partial charge on any atom is 0.306 e. The van der Waals surface area contributed by atoms with Crippen molar-refractivity contribution in [3.8, 4) is 0 Å². The van der Waals surface area contributed by atoms with E-state index < -0.39 is 0 Å². The van der Waals surface area contributed by atoms with Crippen LogP contribution in [0.4, 0.5) is 0 Å². The molecule has 30 nitrogen and oxygen atoms in total. The summed E-state index contributed by atoms with van der Waals surface area (Å²) in [6.45, 7) is 18.9. The molecule has 0 saturated carbocycles. The largest absolute Gasteiger partial charge is 0.466 e. The monoisotopic (exact) mass is 1620 g/mol. The van der Waals surface area contributed by atoms with Crippen molar-refractivity contribution in [2.75, 3.05) is 140 Å². The van der Waals surface area contributed by atoms with Crippen molar-refractivity contribution in [1.29, 1.82) is 0 Å². The van der Waals surface area contributed by atoms with E-state index in [0.717, 1.165) is 16.7 Å². The highest BCUT2D eigenvalue weighted by Crippen LogP contribution is 2.11. The zero-order valence-electron chi connectivity index (χ0n) is 69.2. The van der Waals surface area contributed by atoms with E-state index in [4.69, 9.17) is 85.3 Å². The van der Waals surface area contributed by atoms with Crippen molar-refractivity contribution in [2.24, 2.45) is 0 Å². The van der Waals surface area contributed by atoms with E-state index in [0.29, 0.717) is 273 Å². The molecule has 30 heteroatoms. The number of hydrogen-bond donors (Lipinski definition) is 0. The number of ether oxygens (including phenoxy) is 18. The van der Waals surface area contributed by atoms with Crippen molar-refractivity contribution in [2.45, 2.75) is 215 Å². The Kier molecular flexibility index (Phi) is 81.4. The van der Waals surface area contributed by atoms with Gasteiger partial charge in [-0.05, 0) is 135 Å². The van der Waals surface area contributed by atoms with E-state index in [2.05, 4.69) is 0 Å². The average molecular weight is 1620 g/mol. The van der Waals surface area contributed by atoms with Gasteiger partial charge in [0.15, 0.2) is 0 Å². The summed E-state index contributed by atoms with van der Waals surface area (Å²) in [6.07, 6.45) is 11.8.